The number of ether oxygens (including phenoxy) is 3. The second-order valence-electron chi connectivity index (χ2n) is 4.03. The highest BCUT2D eigenvalue weighted by Gasteiger charge is 2.04. The van der Waals surface area contributed by atoms with E-state index in [0.717, 1.165) is 31.9 Å². The highest BCUT2D eigenvalue weighted by Crippen LogP contribution is 2.07. The zero-order chi connectivity index (χ0) is 13.1. The quantitative estimate of drug-likeness (QED) is 0.644. The molecule has 4 nitrogen and oxygen atoms in total. The molecule has 0 aliphatic rings. The lowest BCUT2D eigenvalue weighted by Crippen LogP contribution is -2.32. The van der Waals surface area contributed by atoms with E-state index in [1.54, 1.807) is 14.2 Å². The Bertz CT molecular complexity index is 292. The topological polar surface area (TPSA) is 39.7 Å². The van der Waals surface area contributed by atoms with E-state index in [9.17, 15) is 0 Å². The summed E-state index contributed by atoms with van der Waals surface area (Å²) in [6, 6.07) is 9.86. The molecule has 1 rings (SSSR count). The standard InChI is InChI=1S/C14H23NO3/c1-16-12-14(17-2)11-15-9-6-10-18-13-7-4-3-5-8-13/h3-5,7-8,14-15H,6,9-12H2,1-2H3. The van der Waals surface area contributed by atoms with Crippen LogP contribution in [0.3, 0.4) is 0 Å². The number of methoxy groups -OCH3 is 2. The Morgan fingerprint density at radius 2 is 1.94 bits per heavy atom. The summed E-state index contributed by atoms with van der Waals surface area (Å²) in [5, 5.41) is 3.32. The second kappa shape index (κ2) is 9.88. The number of hydrogen-bond acceptors (Lipinski definition) is 4. The number of hydrogen-bond donors (Lipinski definition) is 1. The maximum Gasteiger partial charge on any atom is 0.119 e. The van der Waals surface area contributed by atoms with Crippen LogP contribution in [-0.2, 0) is 9.47 Å². The van der Waals surface area contributed by atoms with Crippen molar-refractivity contribution >= 4 is 0 Å². The SMILES string of the molecule is COCC(CNCCCOc1ccccc1)OC. The Labute approximate surface area is 109 Å². The summed E-state index contributed by atoms with van der Waals surface area (Å²) >= 11 is 0. The molecule has 1 aromatic rings. The molecule has 0 saturated heterocycles. The van der Waals surface area contributed by atoms with Crippen LogP contribution in [0.1, 0.15) is 6.42 Å². The first-order valence-corrected chi connectivity index (χ1v) is 6.27. The normalized spacial score (nSPS) is 12.3. The van der Waals surface area contributed by atoms with Crippen molar-refractivity contribution in [3.8, 4) is 5.75 Å². The summed E-state index contributed by atoms with van der Waals surface area (Å²) in [5.41, 5.74) is 0. The summed E-state index contributed by atoms with van der Waals surface area (Å²) < 4.78 is 15.9. The van der Waals surface area contributed by atoms with E-state index >= 15 is 0 Å². The molecule has 1 unspecified atom stereocenters. The molecule has 0 heterocycles. The summed E-state index contributed by atoms with van der Waals surface area (Å²) in [6.45, 7) is 3.05. The minimum Gasteiger partial charge on any atom is -0.494 e. The van der Waals surface area contributed by atoms with Gasteiger partial charge in [-0.2, -0.15) is 0 Å². The molecule has 0 aliphatic carbocycles. The molecule has 0 amide bonds. The Morgan fingerprint density at radius 3 is 2.61 bits per heavy atom. The summed E-state index contributed by atoms with van der Waals surface area (Å²) in [7, 11) is 3.38. The molecule has 18 heavy (non-hydrogen) atoms. The average molecular weight is 253 g/mol. The largest absolute Gasteiger partial charge is 0.494 e. The van der Waals surface area contributed by atoms with Gasteiger partial charge in [0.1, 0.15) is 5.75 Å². The lowest BCUT2D eigenvalue weighted by Gasteiger charge is -2.15. The third-order valence-electron chi connectivity index (χ3n) is 2.57. The zero-order valence-corrected chi connectivity index (χ0v) is 11.2. The predicted molar refractivity (Wildman–Crippen MR) is 72.1 cm³/mol. The van der Waals surface area contributed by atoms with E-state index < -0.39 is 0 Å². The molecule has 1 aromatic carbocycles. The van der Waals surface area contributed by atoms with Crippen molar-refractivity contribution in [3.05, 3.63) is 30.3 Å². The average Bonchev–Trinajstić information content (AvgIpc) is 2.42. The molecule has 0 fully saturated rings. The lowest BCUT2D eigenvalue weighted by molar-refractivity contribution is 0.0289. The van der Waals surface area contributed by atoms with Gasteiger partial charge in [0, 0.05) is 20.8 Å². The van der Waals surface area contributed by atoms with Gasteiger partial charge >= 0.3 is 0 Å². The van der Waals surface area contributed by atoms with E-state index in [0.29, 0.717) is 6.61 Å². The third kappa shape index (κ3) is 6.59. The van der Waals surface area contributed by atoms with Crippen molar-refractivity contribution in [3.63, 3.8) is 0 Å². The van der Waals surface area contributed by atoms with Gasteiger partial charge in [-0.1, -0.05) is 18.2 Å². The summed E-state index contributed by atoms with van der Waals surface area (Å²) in [4.78, 5) is 0. The highest BCUT2D eigenvalue weighted by atomic mass is 16.5. The van der Waals surface area contributed by atoms with Gasteiger partial charge in [0.25, 0.3) is 0 Å². The fourth-order valence-electron chi connectivity index (χ4n) is 1.56. The molecule has 0 saturated carbocycles. The van der Waals surface area contributed by atoms with Crippen LogP contribution in [0.15, 0.2) is 30.3 Å². The van der Waals surface area contributed by atoms with Gasteiger partial charge in [0.2, 0.25) is 0 Å². The summed E-state index contributed by atoms with van der Waals surface area (Å²) in [5.74, 6) is 0.923. The molecule has 1 atom stereocenters. The zero-order valence-electron chi connectivity index (χ0n) is 11.2. The van der Waals surface area contributed by atoms with Crippen molar-refractivity contribution in [2.45, 2.75) is 12.5 Å². The number of nitrogens with one attached hydrogen (secondary N) is 1. The maximum atomic E-state index is 5.59. The Kier molecular flexibility index (Phi) is 8.21. The van der Waals surface area contributed by atoms with Crippen molar-refractivity contribution in [2.75, 3.05) is 40.5 Å². The predicted octanol–water partition coefficient (Wildman–Crippen LogP) is 1.71. The Morgan fingerprint density at radius 1 is 1.17 bits per heavy atom. The maximum absolute atomic E-state index is 5.59. The molecule has 0 bridgehead atoms. The van der Waals surface area contributed by atoms with Crippen LogP contribution in [0.25, 0.3) is 0 Å². The first kappa shape index (κ1) is 15.0. The second-order valence-corrected chi connectivity index (χ2v) is 4.03. The third-order valence-corrected chi connectivity index (χ3v) is 2.57. The van der Waals surface area contributed by atoms with Gasteiger partial charge < -0.3 is 19.5 Å². The van der Waals surface area contributed by atoms with E-state index in [1.165, 1.54) is 0 Å². The number of para-hydroxylation sites is 1. The first-order chi connectivity index (χ1) is 8.86. The van der Waals surface area contributed by atoms with Crippen molar-refractivity contribution < 1.29 is 14.2 Å². The number of benzene rings is 1. The molecule has 1 N–H and O–H groups in total. The van der Waals surface area contributed by atoms with Gasteiger partial charge in [-0.15, -0.1) is 0 Å². The minimum absolute atomic E-state index is 0.116. The Hall–Kier alpha value is -1.10. The van der Waals surface area contributed by atoms with Gasteiger partial charge in [0.05, 0.1) is 19.3 Å². The number of rotatable bonds is 10. The van der Waals surface area contributed by atoms with Crippen LogP contribution >= 0.6 is 0 Å². The van der Waals surface area contributed by atoms with E-state index in [2.05, 4.69) is 5.32 Å². The lowest BCUT2D eigenvalue weighted by atomic mass is 10.3. The van der Waals surface area contributed by atoms with Crippen LogP contribution in [0.4, 0.5) is 0 Å². The summed E-state index contributed by atoms with van der Waals surface area (Å²) in [6.07, 6.45) is 1.09. The fourth-order valence-corrected chi connectivity index (χ4v) is 1.56. The Balaban J connectivity index is 1.98. The van der Waals surface area contributed by atoms with Crippen molar-refractivity contribution in [1.29, 1.82) is 0 Å². The molecule has 0 spiro atoms. The molecular weight excluding hydrogens is 230 g/mol. The van der Waals surface area contributed by atoms with Gasteiger partial charge in [0.15, 0.2) is 0 Å². The molecule has 0 aromatic heterocycles. The smallest absolute Gasteiger partial charge is 0.119 e. The van der Waals surface area contributed by atoms with Crippen molar-refractivity contribution in [2.24, 2.45) is 0 Å². The van der Waals surface area contributed by atoms with Crippen LogP contribution in [0, 0.1) is 0 Å². The van der Waals surface area contributed by atoms with Gasteiger partial charge in [-0.05, 0) is 25.1 Å². The molecule has 4 heteroatoms. The van der Waals surface area contributed by atoms with Crippen LogP contribution < -0.4 is 10.1 Å². The van der Waals surface area contributed by atoms with E-state index in [4.69, 9.17) is 14.2 Å². The van der Waals surface area contributed by atoms with Gasteiger partial charge in [-0.25, -0.2) is 0 Å². The highest BCUT2D eigenvalue weighted by molar-refractivity contribution is 5.20. The molecular formula is C14H23NO3. The van der Waals surface area contributed by atoms with E-state index in [-0.39, 0.29) is 6.10 Å². The van der Waals surface area contributed by atoms with Crippen LogP contribution in [-0.4, -0.2) is 46.6 Å². The first-order valence-electron chi connectivity index (χ1n) is 6.27. The van der Waals surface area contributed by atoms with E-state index in [1.807, 2.05) is 30.3 Å². The van der Waals surface area contributed by atoms with Crippen molar-refractivity contribution in [1.82, 2.24) is 5.32 Å². The molecule has 102 valence electrons. The van der Waals surface area contributed by atoms with Crippen LogP contribution in [0.5, 0.6) is 5.75 Å². The van der Waals surface area contributed by atoms with Crippen LogP contribution in [0.2, 0.25) is 0 Å². The molecule has 0 radical (unpaired) electrons. The minimum atomic E-state index is 0.116. The molecule has 0 aliphatic heterocycles. The van der Waals surface area contributed by atoms with Gasteiger partial charge in [-0.3, -0.25) is 0 Å². The monoisotopic (exact) mass is 253 g/mol. The fraction of sp³-hybridized carbons (Fsp3) is 0.571.